The van der Waals surface area contributed by atoms with Gasteiger partial charge in [-0.3, -0.25) is 4.79 Å². The molecular weight excluding hydrogens is 306 g/mol. The topological polar surface area (TPSA) is 29.1 Å². The summed E-state index contributed by atoms with van der Waals surface area (Å²) in [6.45, 7) is 6.84. The molecule has 3 atom stereocenters. The Labute approximate surface area is 151 Å². The maximum atomic E-state index is 12.7. The van der Waals surface area contributed by atoms with Crippen molar-refractivity contribution >= 4 is 5.91 Å². The number of benzene rings is 2. The van der Waals surface area contributed by atoms with E-state index in [1.807, 2.05) is 42.5 Å². The molecule has 0 radical (unpaired) electrons. The summed E-state index contributed by atoms with van der Waals surface area (Å²) in [6.07, 6.45) is 3.59. The van der Waals surface area contributed by atoms with E-state index in [1.54, 1.807) is 0 Å². The van der Waals surface area contributed by atoms with Gasteiger partial charge in [0.2, 0.25) is 0 Å². The van der Waals surface area contributed by atoms with Crippen LogP contribution in [-0.2, 0) is 0 Å². The Morgan fingerprint density at radius 2 is 1.60 bits per heavy atom. The molecule has 1 aliphatic carbocycles. The average molecular weight is 335 g/mol. The third-order valence-corrected chi connectivity index (χ3v) is 5.59. The summed E-state index contributed by atoms with van der Waals surface area (Å²) < 4.78 is 0. The Hall–Kier alpha value is -2.09. The highest BCUT2D eigenvalue weighted by atomic mass is 16.1. The number of carbonyl (C=O) groups is 1. The molecule has 2 heteroatoms. The smallest absolute Gasteiger partial charge is 0.251 e. The lowest BCUT2D eigenvalue weighted by Crippen LogP contribution is -2.45. The second-order valence-electron chi connectivity index (χ2n) is 7.85. The van der Waals surface area contributed by atoms with Crippen molar-refractivity contribution in [2.24, 2.45) is 17.8 Å². The van der Waals surface area contributed by atoms with E-state index in [1.165, 1.54) is 18.4 Å². The van der Waals surface area contributed by atoms with Gasteiger partial charge in [0.25, 0.3) is 5.91 Å². The zero-order chi connectivity index (χ0) is 17.8. The summed E-state index contributed by atoms with van der Waals surface area (Å²) in [6, 6.07) is 18.5. The molecule has 2 aromatic carbocycles. The van der Waals surface area contributed by atoms with Crippen molar-refractivity contribution in [2.75, 3.05) is 0 Å². The molecule has 0 saturated heterocycles. The molecule has 0 heterocycles. The molecular formula is C23H29NO. The Morgan fingerprint density at radius 1 is 0.960 bits per heavy atom. The highest BCUT2D eigenvalue weighted by Gasteiger charge is 2.31. The lowest BCUT2D eigenvalue weighted by atomic mass is 9.74. The van der Waals surface area contributed by atoms with Crippen LogP contribution in [0.25, 0.3) is 11.1 Å². The molecule has 2 nitrogen and oxygen atoms in total. The lowest BCUT2D eigenvalue weighted by molar-refractivity contribution is 0.0868. The van der Waals surface area contributed by atoms with Crippen molar-refractivity contribution in [2.45, 2.75) is 46.1 Å². The quantitative estimate of drug-likeness (QED) is 0.780. The average Bonchev–Trinajstić information content (AvgIpc) is 2.62. The van der Waals surface area contributed by atoms with Crippen molar-refractivity contribution in [3.8, 4) is 11.1 Å². The molecule has 1 N–H and O–H groups in total. The molecule has 1 aliphatic rings. The Morgan fingerprint density at radius 3 is 2.24 bits per heavy atom. The van der Waals surface area contributed by atoms with Gasteiger partial charge in [-0.25, -0.2) is 0 Å². The highest BCUT2D eigenvalue weighted by molar-refractivity contribution is 5.94. The number of rotatable bonds is 4. The first kappa shape index (κ1) is 17.7. The van der Waals surface area contributed by atoms with Crippen LogP contribution in [0.3, 0.4) is 0 Å². The van der Waals surface area contributed by atoms with Gasteiger partial charge >= 0.3 is 0 Å². The Balaban J connectivity index is 1.70. The van der Waals surface area contributed by atoms with Crippen molar-refractivity contribution in [3.05, 3.63) is 60.2 Å². The minimum atomic E-state index is 0.0596. The standard InChI is InChI=1S/C23H29NO/c1-16(2)21-14-9-17(3)15-22(21)24-23(25)20-12-10-19(11-13-20)18-7-5-4-6-8-18/h4-8,10-13,16-17,21-22H,9,14-15H2,1-3H3,(H,24,25)/t17-,21?,22-/m1/s1. The SMILES string of the molecule is CC(C)C1CC[C@@H](C)C[C@H]1NC(=O)c1ccc(-c2ccccc2)cc1. The molecule has 1 saturated carbocycles. The number of hydrogen-bond acceptors (Lipinski definition) is 1. The largest absolute Gasteiger partial charge is 0.349 e. The number of hydrogen-bond donors (Lipinski definition) is 1. The van der Waals surface area contributed by atoms with Crippen LogP contribution in [0.4, 0.5) is 0 Å². The molecule has 0 aliphatic heterocycles. The van der Waals surface area contributed by atoms with E-state index < -0.39 is 0 Å². The summed E-state index contributed by atoms with van der Waals surface area (Å²) in [5.74, 6) is 1.95. The predicted molar refractivity (Wildman–Crippen MR) is 104 cm³/mol. The van der Waals surface area contributed by atoms with Crippen LogP contribution in [0.2, 0.25) is 0 Å². The van der Waals surface area contributed by atoms with Gasteiger partial charge in [0, 0.05) is 11.6 Å². The van der Waals surface area contributed by atoms with Crippen molar-refractivity contribution in [1.29, 1.82) is 0 Å². The molecule has 0 aromatic heterocycles. The highest BCUT2D eigenvalue weighted by Crippen LogP contribution is 2.33. The van der Waals surface area contributed by atoms with Gasteiger partial charge < -0.3 is 5.32 Å². The molecule has 132 valence electrons. The fourth-order valence-corrected chi connectivity index (χ4v) is 4.06. The van der Waals surface area contributed by atoms with Gasteiger partial charge in [-0.15, -0.1) is 0 Å². The Bertz CT molecular complexity index is 690. The van der Waals surface area contributed by atoms with Crippen molar-refractivity contribution < 1.29 is 4.79 Å². The third kappa shape index (κ3) is 4.31. The van der Waals surface area contributed by atoms with E-state index in [4.69, 9.17) is 0 Å². The normalized spacial score (nSPS) is 23.4. The second kappa shape index (κ2) is 7.86. The van der Waals surface area contributed by atoms with Crippen molar-refractivity contribution in [1.82, 2.24) is 5.32 Å². The summed E-state index contributed by atoms with van der Waals surface area (Å²) in [7, 11) is 0. The monoisotopic (exact) mass is 335 g/mol. The molecule has 3 rings (SSSR count). The van der Waals surface area contributed by atoms with Crippen LogP contribution in [0.1, 0.15) is 50.4 Å². The van der Waals surface area contributed by atoms with E-state index in [2.05, 4.69) is 38.2 Å². The Kier molecular flexibility index (Phi) is 5.57. The molecule has 2 aromatic rings. The molecule has 1 unspecified atom stereocenters. The van der Waals surface area contributed by atoms with Gasteiger partial charge in [0.15, 0.2) is 0 Å². The molecule has 0 bridgehead atoms. The molecule has 1 amide bonds. The van der Waals surface area contributed by atoms with E-state index in [0.29, 0.717) is 23.8 Å². The molecule has 25 heavy (non-hydrogen) atoms. The first-order valence-corrected chi connectivity index (χ1v) is 9.51. The first-order valence-electron chi connectivity index (χ1n) is 9.51. The van der Waals surface area contributed by atoms with Crippen molar-refractivity contribution in [3.63, 3.8) is 0 Å². The van der Waals surface area contributed by atoms with Gasteiger partial charge in [-0.2, -0.15) is 0 Å². The summed E-state index contributed by atoms with van der Waals surface area (Å²) in [5.41, 5.74) is 3.07. The van der Waals surface area contributed by atoms with Gasteiger partial charge in [0.05, 0.1) is 0 Å². The third-order valence-electron chi connectivity index (χ3n) is 5.59. The van der Waals surface area contributed by atoms with E-state index >= 15 is 0 Å². The van der Waals surface area contributed by atoms with Crippen LogP contribution in [0.15, 0.2) is 54.6 Å². The fraction of sp³-hybridized carbons (Fsp3) is 0.435. The molecule has 1 fully saturated rings. The summed E-state index contributed by atoms with van der Waals surface area (Å²) in [5, 5.41) is 3.32. The molecule has 0 spiro atoms. The van der Waals surface area contributed by atoms with Crippen LogP contribution < -0.4 is 5.32 Å². The summed E-state index contributed by atoms with van der Waals surface area (Å²) in [4.78, 5) is 12.7. The zero-order valence-electron chi connectivity index (χ0n) is 15.5. The minimum absolute atomic E-state index is 0.0596. The lowest BCUT2D eigenvalue weighted by Gasteiger charge is -2.37. The maximum absolute atomic E-state index is 12.7. The van der Waals surface area contributed by atoms with Gasteiger partial charge in [-0.1, -0.05) is 69.7 Å². The van der Waals surface area contributed by atoms with Crippen LogP contribution in [0, 0.1) is 17.8 Å². The van der Waals surface area contributed by atoms with E-state index in [-0.39, 0.29) is 5.91 Å². The number of carbonyl (C=O) groups excluding carboxylic acids is 1. The zero-order valence-corrected chi connectivity index (χ0v) is 15.5. The van der Waals surface area contributed by atoms with E-state index in [9.17, 15) is 4.79 Å². The van der Waals surface area contributed by atoms with Crippen LogP contribution in [-0.4, -0.2) is 11.9 Å². The van der Waals surface area contributed by atoms with Gasteiger partial charge in [0.1, 0.15) is 0 Å². The van der Waals surface area contributed by atoms with Gasteiger partial charge in [-0.05, 0) is 53.9 Å². The summed E-state index contributed by atoms with van der Waals surface area (Å²) >= 11 is 0. The fourth-order valence-electron chi connectivity index (χ4n) is 4.06. The first-order chi connectivity index (χ1) is 12.0. The number of nitrogens with one attached hydrogen (secondary N) is 1. The maximum Gasteiger partial charge on any atom is 0.251 e. The van der Waals surface area contributed by atoms with Crippen LogP contribution >= 0.6 is 0 Å². The van der Waals surface area contributed by atoms with E-state index in [0.717, 1.165) is 17.5 Å². The number of amides is 1. The minimum Gasteiger partial charge on any atom is -0.349 e. The van der Waals surface area contributed by atoms with Crippen LogP contribution in [0.5, 0.6) is 0 Å². The second-order valence-corrected chi connectivity index (χ2v) is 7.85. The predicted octanol–water partition coefficient (Wildman–Crippen LogP) is 5.54.